The first kappa shape index (κ1) is 14.1. The Morgan fingerprint density at radius 1 is 1.15 bits per heavy atom. The van der Waals surface area contributed by atoms with Crippen molar-refractivity contribution in [2.75, 3.05) is 0 Å². The molecular weight excluding hydrogens is 242 g/mol. The van der Waals surface area contributed by atoms with Crippen molar-refractivity contribution in [1.82, 2.24) is 0 Å². The van der Waals surface area contributed by atoms with E-state index in [0.717, 1.165) is 5.92 Å². The predicted molar refractivity (Wildman–Crippen MR) is 85.9 cm³/mol. The highest BCUT2D eigenvalue weighted by Crippen LogP contribution is 2.43. The van der Waals surface area contributed by atoms with Gasteiger partial charge in [0.15, 0.2) is 0 Å². The minimum Gasteiger partial charge on any atom is -0.325 e. The molecule has 1 aromatic carbocycles. The molecule has 1 fully saturated rings. The van der Waals surface area contributed by atoms with Gasteiger partial charge in [0, 0.05) is 5.54 Å². The van der Waals surface area contributed by atoms with E-state index in [-0.39, 0.29) is 5.54 Å². The third kappa shape index (κ3) is 2.65. The van der Waals surface area contributed by atoms with Gasteiger partial charge in [-0.2, -0.15) is 0 Å². The van der Waals surface area contributed by atoms with Gasteiger partial charge in [0.2, 0.25) is 0 Å². The number of fused-ring (bicyclic) bond motifs is 1. The molecule has 0 aromatic heterocycles. The lowest BCUT2D eigenvalue weighted by Crippen LogP contribution is -2.50. The lowest BCUT2D eigenvalue weighted by atomic mass is 9.65. The molecule has 1 heteroatoms. The lowest BCUT2D eigenvalue weighted by Gasteiger charge is -2.44. The van der Waals surface area contributed by atoms with Gasteiger partial charge in [-0.25, -0.2) is 0 Å². The molecule has 0 amide bonds. The first-order valence-corrected chi connectivity index (χ1v) is 8.59. The van der Waals surface area contributed by atoms with Crippen LogP contribution in [0.1, 0.15) is 75.3 Å². The van der Waals surface area contributed by atoms with Gasteiger partial charge in [0.1, 0.15) is 0 Å². The monoisotopic (exact) mass is 271 g/mol. The number of aryl methyl sites for hydroxylation is 1. The predicted octanol–water partition coefficient (Wildman–Crippen LogP) is 4.79. The zero-order valence-electron chi connectivity index (χ0n) is 12.9. The summed E-state index contributed by atoms with van der Waals surface area (Å²) in [5.74, 6) is 1.45. The average molecular weight is 271 g/mol. The minimum atomic E-state index is 0.0993. The zero-order chi connectivity index (χ0) is 14.0. The van der Waals surface area contributed by atoms with E-state index in [1.54, 1.807) is 11.1 Å². The topological polar surface area (TPSA) is 26.0 Å². The van der Waals surface area contributed by atoms with Gasteiger partial charge >= 0.3 is 0 Å². The maximum atomic E-state index is 6.90. The molecule has 1 nitrogen and oxygen atoms in total. The summed E-state index contributed by atoms with van der Waals surface area (Å²) < 4.78 is 0. The van der Waals surface area contributed by atoms with Crippen molar-refractivity contribution in [2.45, 2.75) is 76.2 Å². The quantitative estimate of drug-likeness (QED) is 0.840. The van der Waals surface area contributed by atoms with Crippen molar-refractivity contribution in [2.24, 2.45) is 11.7 Å². The van der Waals surface area contributed by atoms with Crippen molar-refractivity contribution < 1.29 is 0 Å². The number of rotatable bonds is 3. The number of hydrogen-bond acceptors (Lipinski definition) is 1. The summed E-state index contributed by atoms with van der Waals surface area (Å²) in [6, 6.07) is 9.07. The summed E-state index contributed by atoms with van der Waals surface area (Å²) >= 11 is 0. The highest BCUT2D eigenvalue weighted by Gasteiger charge is 2.38. The van der Waals surface area contributed by atoms with E-state index in [0.29, 0.717) is 5.92 Å². The highest BCUT2D eigenvalue weighted by atomic mass is 14.8. The van der Waals surface area contributed by atoms with Gasteiger partial charge in [0.25, 0.3) is 0 Å². The molecule has 3 rings (SSSR count). The molecule has 1 aromatic rings. The van der Waals surface area contributed by atoms with Crippen LogP contribution in [0, 0.1) is 5.92 Å². The van der Waals surface area contributed by atoms with Crippen LogP contribution in [0.2, 0.25) is 0 Å². The normalized spacial score (nSPS) is 33.7. The average Bonchev–Trinajstić information content (AvgIpc) is 2.48. The number of benzene rings is 1. The summed E-state index contributed by atoms with van der Waals surface area (Å²) in [6.45, 7) is 2.33. The van der Waals surface area contributed by atoms with Crippen molar-refractivity contribution in [3.05, 3.63) is 35.4 Å². The molecule has 0 radical (unpaired) electrons. The SMILES string of the molecule is CCC1CCCCC1(N)CC1CCCc2ccccc21. The van der Waals surface area contributed by atoms with Crippen molar-refractivity contribution >= 4 is 0 Å². The third-order valence-corrected chi connectivity index (χ3v) is 5.87. The molecule has 0 heterocycles. The molecule has 0 aliphatic heterocycles. The van der Waals surface area contributed by atoms with E-state index in [4.69, 9.17) is 5.73 Å². The highest BCUT2D eigenvalue weighted by molar-refractivity contribution is 5.33. The van der Waals surface area contributed by atoms with Gasteiger partial charge < -0.3 is 5.73 Å². The third-order valence-electron chi connectivity index (χ3n) is 5.87. The van der Waals surface area contributed by atoms with Crippen molar-refractivity contribution in [3.8, 4) is 0 Å². The Kier molecular flexibility index (Phi) is 4.16. The van der Waals surface area contributed by atoms with Crippen molar-refractivity contribution in [3.63, 3.8) is 0 Å². The second-order valence-electron chi connectivity index (χ2n) is 7.08. The van der Waals surface area contributed by atoms with Gasteiger partial charge in [-0.15, -0.1) is 0 Å². The fourth-order valence-electron chi connectivity index (χ4n) is 4.74. The van der Waals surface area contributed by atoms with Crippen LogP contribution < -0.4 is 5.73 Å². The van der Waals surface area contributed by atoms with Crippen LogP contribution in [0.25, 0.3) is 0 Å². The van der Waals surface area contributed by atoms with Crippen LogP contribution in [0.4, 0.5) is 0 Å². The molecule has 2 aliphatic carbocycles. The maximum absolute atomic E-state index is 6.90. The number of hydrogen-bond donors (Lipinski definition) is 1. The first-order chi connectivity index (χ1) is 9.73. The Morgan fingerprint density at radius 2 is 2.00 bits per heavy atom. The zero-order valence-corrected chi connectivity index (χ0v) is 12.9. The Hall–Kier alpha value is -0.820. The van der Waals surface area contributed by atoms with E-state index >= 15 is 0 Å². The molecule has 3 unspecified atom stereocenters. The standard InChI is InChI=1S/C19H29N/c1-2-17-11-5-6-13-19(17,20)14-16-10-7-9-15-8-3-4-12-18(15)16/h3-4,8,12,16-17H,2,5-7,9-11,13-14,20H2,1H3. The Balaban J connectivity index is 1.80. The molecule has 2 N–H and O–H groups in total. The largest absolute Gasteiger partial charge is 0.325 e. The Labute approximate surface area is 124 Å². The fourth-order valence-corrected chi connectivity index (χ4v) is 4.74. The van der Waals surface area contributed by atoms with Crippen LogP contribution >= 0.6 is 0 Å². The molecule has 0 bridgehead atoms. The molecule has 2 aliphatic rings. The van der Waals surface area contributed by atoms with Gasteiger partial charge in [-0.1, -0.05) is 50.5 Å². The summed E-state index contributed by atoms with van der Waals surface area (Å²) in [6.07, 6.45) is 11.7. The molecule has 0 spiro atoms. The summed E-state index contributed by atoms with van der Waals surface area (Å²) in [4.78, 5) is 0. The van der Waals surface area contributed by atoms with Crippen molar-refractivity contribution in [1.29, 1.82) is 0 Å². The Bertz CT molecular complexity index is 453. The molecule has 3 atom stereocenters. The van der Waals surface area contributed by atoms with Crippen LogP contribution in [-0.2, 0) is 6.42 Å². The molecule has 110 valence electrons. The van der Waals surface area contributed by atoms with Crippen LogP contribution in [0.5, 0.6) is 0 Å². The van der Waals surface area contributed by atoms with Crippen LogP contribution in [0.15, 0.2) is 24.3 Å². The summed E-state index contributed by atoms with van der Waals surface area (Å²) in [5.41, 5.74) is 10.2. The Morgan fingerprint density at radius 3 is 2.85 bits per heavy atom. The van der Waals surface area contributed by atoms with Gasteiger partial charge in [0.05, 0.1) is 0 Å². The fraction of sp³-hybridized carbons (Fsp3) is 0.684. The second kappa shape index (κ2) is 5.89. The molecule has 20 heavy (non-hydrogen) atoms. The van der Waals surface area contributed by atoms with Crippen LogP contribution in [0.3, 0.4) is 0 Å². The summed E-state index contributed by atoms with van der Waals surface area (Å²) in [7, 11) is 0. The first-order valence-electron chi connectivity index (χ1n) is 8.59. The van der Waals surface area contributed by atoms with E-state index < -0.39 is 0 Å². The minimum absolute atomic E-state index is 0.0993. The maximum Gasteiger partial charge on any atom is 0.0188 e. The molecular formula is C19H29N. The molecule has 0 saturated heterocycles. The van der Waals surface area contributed by atoms with E-state index in [1.807, 2.05) is 0 Å². The smallest absolute Gasteiger partial charge is 0.0188 e. The second-order valence-corrected chi connectivity index (χ2v) is 7.08. The summed E-state index contributed by atoms with van der Waals surface area (Å²) in [5, 5.41) is 0. The van der Waals surface area contributed by atoms with Gasteiger partial charge in [-0.3, -0.25) is 0 Å². The van der Waals surface area contributed by atoms with Gasteiger partial charge in [-0.05, 0) is 61.5 Å². The van der Waals surface area contributed by atoms with Crippen LogP contribution in [-0.4, -0.2) is 5.54 Å². The number of nitrogens with two attached hydrogens (primary N) is 1. The molecule has 1 saturated carbocycles. The lowest BCUT2D eigenvalue weighted by molar-refractivity contribution is 0.157. The van der Waals surface area contributed by atoms with E-state index in [2.05, 4.69) is 31.2 Å². The van der Waals surface area contributed by atoms with E-state index in [9.17, 15) is 0 Å². The van der Waals surface area contributed by atoms with E-state index in [1.165, 1.54) is 57.8 Å².